The second kappa shape index (κ2) is 27.5. The second-order valence-corrected chi connectivity index (χ2v) is 18.6. The molecule has 2 aromatic rings. The van der Waals surface area contributed by atoms with E-state index >= 15 is 0 Å². The number of rotatable bonds is 29. The molecule has 14 heteroatoms. The maximum absolute atomic E-state index is 14.8. The van der Waals surface area contributed by atoms with Gasteiger partial charge in [-0.2, -0.15) is 0 Å². The number of carbonyl (C=O) groups is 5. The summed E-state index contributed by atoms with van der Waals surface area (Å²) in [5, 5.41) is 15.1. The molecule has 1 aliphatic rings. The highest BCUT2D eigenvalue weighted by Gasteiger charge is 2.38. The van der Waals surface area contributed by atoms with Gasteiger partial charge in [0.2, 0.25) is 5.91 Å². The molecule has 1 saturated heterocycles. The number of carboxylic acids is 1. The monoisotopic (exact) mass is 884 g/mol. The molecule has 13 nitrogen and oxygen atoms in total. The molecule has 1 aromatic carbocycles. The molecule has 0 spiro atoms. The zero-order valence-electron chi connectivity index (χ0n) is 38.9. The number of ketones is 1. The molecule has 0 radical (unpaired) electrons. The summed E-state index contributed by atoms with van der Waals surface area (Å²) in [4.78, 5) is 75.5. The average Bonchev–Trinajstić information content (AvgIpc) is 3.74. The first-order valence-electron chi connectivity index (χ1n) is 23.3. The summed E-state index contributed by atoms with van der Waals surface area (Å²) in [6.45, 7) is 16.6. The molecule has 1 aromatic heterocycles. The number of amides is 2. The number of hydrogen-bond acceptors (Lipinski definition) is 11. The van der Waals surface area contributed by atoms with Crippen molar-refractivity contribution in [3.63, 3.8) is 0 Å². The normalized spacial score (nSPS) is 17.4. The van der Waals surface area contributed by atoms with Gasteiger partial charge in [0.05, 0.1) is 12.0 Å². The zero-order valence-corrected chi connectivity index (χ0v) is 39.7. The van der Waals surface area contributed by atoms with Crippen molar-refractivity contribution < 1.29 is 38.6 Å². The van der Waals surface area contributed by atoms with Crippen LogP contribution in [-0.2, 0) is 30.3 Å². The molecular weight excluding hydrogens is 807 g/mol. The molecule has 0 aliphatic carbocycles. The number of aliphatic carboxylic acids is 1. The number of hydrogen-bond donors (Lipinski definition) is 3. The number of thiazole rings is 1. The van der Waals surface area contributed by atoms with E-state index in [0.717, 1.165) is 63.5 Å². The topological polar surface area (TPSA) is 181 Å². The Balaban J connectivity index is 1.82. The lowest BCUT2D eigenvalue weighted by molar-refractivity contribution is -0.145. The summed E-state index contributed by atoms with van der Waals surface area (Å²) in [5.74, 6) is -2.13. The fourth-order valence-corrected chi connectivity index (χ4v) is 9.15. The van der Waals surface area contributed by atoms with E-state index in [-0.39, 0.29) is 60.1 Å². The molecule has 4 N–H and O–H groups in total. The maximum atomic E-state index is 14.8. The van der Waals surface area contributed by atoms with E-state index in [4.69, 9.17) is 20.2 Å². The van der Waals surface area contributed by atoms with E-state index in [1.807, 2.05) is 31.0 Å². The first kappa shape index (κ1) is 52.6. The molecule has 0 saturated carbocycles. The molecule has 2 amide bonds. The van der Waals surface area contributed by atoms with Crippen LogP contribution < -0.4 is 15.8 Å². The first-order valence-corrected chi connectivity index (χ1v) is 24.1. The fraction of sp³-hybridized carbons (Fsp3) is 0.708. The van der Waals surface area contributed by atoms with Crippen LogP contribution in [0.3, 0.4) is 0 Å². The third-order valence-corrected chi connectivity index (χ3v) is 13.2. The maximum Gasteiger partial charge on any atom is 0.311 e. The molecule has 0 bridgehead atoms. The number of nitrogens with zero attached hydrogens (tertiary/aromatic N) is 3. The average molecular weight is 884 g/mol. The number of nitrogens with one attached hydrogen (secondary N) is 1. The van der Waals surface area contributed by atoms with Gasteiger partial charge in [-0.1, -0.05) is 79.9 Å². The predicted molar refractivity (Wildman–Crippen MR) is 245 cm³/mol. The highest BCUT2D eigenvalue weighted by molar-refractivity contribution is 7.09. The summed E-state index contributed by atoms with van der Waals surface area (Å²) >= 11 is 1.34. The van der Waals surface area contributed by atoms with E-state index in [9.17, 15) is 29.1 Å². The Hall–Kier alpha value is -3.72. The molecule has 1 fully saturated rings. The third-order valence-electron chi connectivity index (χ3n) is 12.3. The zero-order chi connectivity index (χ0) is 45.8. The number of nitrogens with two attached hydrogens (primary N) is 1. The van der Waals surface area contributed by atoms with Gasteiger partial charge in [0.25, 0.3) is 5.91 Å². The van der Waals surface area contributed by atoms with Gasteiger partial charge in [-0.25, -0.2) is 4.98 Å². The van der Waals surface area contributed by atoms with Gasteiger partial charge in [-0.15, -0.1) is 11.3 Å². The summed E-state index contributed by atoms with van der Waals surface area (Å²) in [7, 11) is 2.01. The van der Waals surface area contributed by atoms with Crippen molar-refractivity contribution in [3.8, 4) is 5.75 Å². The van der Waals surface area contributed by atoms with Gasteiger partial charge in [-0.05, 0) is 101 Å². The number of ether oxygens (including phenoxy) is 2. The lowest BCUT2D eigenvalue weighted by Crippen LogP contribution is -2.50. The quantitative estimate of drug-likeness (QED) is 0.0407. The van der Waals surface area contributed by atoms with E-state index < -0.39 is 35.9 Å². The Morgan fingerprint density at radius 2 is 1.73 bits per heavy atom. The van der Waals surface area contributed by atoms with Crippen LogP contribution in [0.1, 0.15) is 159 Å². The summed E-state index contributed by atoms with van der Waals surface area (Å²) in [6.07, 6.45) is 8.79. The summed E-state index contributed by atoms with van der Waals surface area (Å²) in [6, 6.07) is 6.16. The van der Waals surface area contributed by atoms with Gasteiger partial charge >= 0.3 is 11.9 Å². The van der Waals surface area contributed by atoms with Crippen LogP contribution in [0.25, 0.3) is 0 Å². The van der Waals surface area contributed by atoms with Crippen molar-refractivity contribution >= 4 is 40.9 Å². The minimum atomic E-state index is -0.959. The number of carboxylic acid groups (broad SMARTS) is 1. The van der Waals surface area contributed by atoms with E-state index in [1.54, 1.807) is 24.4 Å². The molecule has 3 rings (SSSR count). The summed E-state index contributed by atoms with van der Waals surface area (Å²) < 4.78 is 11.9. The Morgan fingerprint density at radius 3 is 2.34 bits per heavy atom. The number of benzene rings is 1. The minimum Gasteiger partial charge on any atom is -0.481 e. The Kier molecular flexibility index (Phi) is 23.3. The number of carbonyl (C=O) groups excluding carboxylic acids is 4. The second-order valence-electron chi connectivity index (χ2n) is 17.7. The van der Waals surface area contributed by atoms with E-state index in [2.05, 4.69) is 44.8 Å². The van der Waals surface area contributed by atoms with Crippen LogP contribution >= 0.6 is 11.3 Å². The van der Waals surface area contributed by atoms with Crippen LogP contribution in [0.2, 0.25) is 0 Å². The van der Waals surface area contributed by atoms with Crippen molar-refractivity contribution in [2.24, 2.45) is 29.4 Å². The Bertz CT molecular complexity index is 1690. The van der Waals surface area contributed by atoms with Gasteiger partial charge < -0.3 is 30.5 Å². The van der Waals surface area contributed by atoms with Gasteiger partial charge in [-0.3, -0.25) is 28.9 Å². The molecule has 0 unspecified atom stereocenters. The van der Waals surface area contributed by atoms with Gasteiger partial charge in [0.1, 0.15) is 22.6 Å². The smallest absolute Gasteiger partial charge is 0.311 e. The number of likely N-dealkylation sites (tertiary alicyclic amines) is 1. The van der Waals surface area contributed by atoms with Crippen molar-refractivity contribution in [1.82, 2.24) is 20.1 Å². The number of Topliss-reactive ketones (excluding diaryl/α,β-unsaturated/α-hetero) is 1. The molecular formula is C48H77N5O8S. The van der Waals surface area contributed by atoms with Crippen LogP contribution in [0.4, 0.5) is 0 Å². The highest BCUT2D eigenvalue weighted by atomic mass is 32.1. The highest BCUT2D eigenvalue weighted by Crippen LogP contribution is 2.34. The molecule has 1 aliphatic heterocycles. The van der Waals surface area contributed by atoms with Crippen molar-refractivity contribution in [1.29, 1.82) is 0 Å². The fourth-order valence-electron chi connectivity index (χ4n) is 8.29. The van der Waals surface area contributed by atoms with Crippen LogP contribution in [-0.4, -0.2) is 101 Å². The lowest BCUT2D eigenvalue weighted by atomic mass is 9.82. The predicted octanol–water partition coefficient (Wildman–Crippen LogP) is 8.25. The van der Waals surface area contributed by atoms with E-state index in [0.29, 0.717) is 56.1 Å². The number of unbranched alkanes of at least 4 members (excludes halogenated alkanes) is 2. The SMILES string of the molecule is CCCO[C@H](C[C@H](C(C)C)N(CCC)C(=O)[C@@H](CC(=O)[C@H]1CCCCN1C)[C@@H](C)CC)c1nc(C(=O)N[C@@H](Cc2ccc(OC(=O)CCCCCN)cc2)C[C@H](C)C(=O)O)cs1. The van der Waals surface area contributed by atoms with Crippen LogP contribution in [0, 0.1) is 23.7 Å². The minimum absolute atomic E-state index is 0.0199. The molecule has 7 atom stereocenters. The van der Waals surface area contributed by atoms with Crippen molar-refractivity contribution in [2.75, 3.05) is 33.3 Å². The van der Waals surface area contributed by atoms with Gasteiger partial charge in [0.15, 0.2) is 5.78 Å². The first-order chi connectivity index (χ1) is 29.6. The Morgan fingerprint density at radius 1 is 1.00 bits per heavy atom. The summed E-state index contributed by atoms with van der Waals surface area (Å²) in [5.41, 5.74) is 6.59. The van der Waals surface area contributed by atoms with Crippen LogP contribution in [0.15, 0.2) is 29.6 Å². The largest absolute Gasteiger partial charge is 0.481 e. The van der Waals surface area contributed by atoms with Crippen molar-refractivity contribution in [2.45, 2.75) is 163 Å². The number of aromatic nitrogens is 1. The van der Waals surface area contributed by atoms with Crippen molar-refractivity contribution in [3.05, 3.63) is 45.9 Å². The molecule has 62 heavy (non-hydrogen) atoms. The van der Waals surface area contributed by atoms with Crippen LogP contribution in [0.5, 0.6) is 5.75 Å². The number of likely N-dealkylation sites (N-methyl/N-ethyl adjacent to an activating group) is 1. The number of esters is 1. The van der Waals surface area contributed by atoms with E-state index in [1.165, 1.54) is 11.3 Å². The molecule has 348 valence electrons. The lowest BCUT2D eigenvalue weighted by Gasteiger charge is -2.40. The standard InChI is InChI=1S/C48H77N5O8S/c1-9-24-53(47(57)38(33(6)11-3)29-42(54)40-17-14-16-25-52(40)8)41(32(4)5)30-43(60-26-10-2)46-51-39(31-62-46)45(56)50-36(27-34(7)48(58)59)28-35-19-21-37(22-20-35)61-44(55)18-13-12-15-23-49/h19-22,31-34,36,38,40-41,43H,9-18,23-30,49H2,1-8H3,(H,50,56)(H,58,59)/t33-,34-,36+,38-,40+,41+,43+/m0/s1. The molecule has 2 heterocycles. The Labute approximate surface area is 375 Å². The number of piperidine rings is 1. The third kappa shape index (κ3) is 16.8. The van der Waals surface area contributed by atoms with Gasteiger partial charge in [0, 0.05) is 55.8 Å².